The lowest BCUT2D eigenvalue weighted by Gasteiger charge is -2.37. The molecule has 0 bridgehead atoms. The van der Waals surface area contributed by atoms with Crippen LogP contribution < -0.4 is 10.6 Å². The number of aromatic nitrogens is 1. The second-order valence-electron chi connectivity index (χ2n) is 8.43. The fourth-order valence-corrected chi connectivity index (χ4v) is 4.93. The lowest BCUT2D eigenvalue weighted by Crippen LogP contribution is -2.55. The molecule has 1 fully saturated rings. The summed E-state index contributed by atoms with van der Waals surface area (Å²) in [7, 11) is 0. The first kappa shape index (κ1) is 22.2. The SMILES string of the molecule is CSc1ccc(-c2ccc3c(c2)C(=O)N2CC[C@H](NC(=O)c4cccnc4)C[C@H]2C(=O)N3)cc1. The van der Waals surface area contributed by atoms with Gasteiger partial charge < -0.3 is 15.5 Å². The first-order valence-corrected chi connectivity index (χ1v) is 12.4. The number of benzene rings is 2. The highest BCUT2D eigenvalue weighted by molar-refractivity contribution is 7.98. The number of piperidine rings is 1. The molecule has 2 aliphatic rings. The Morgan fingerprint density at radius 2 is 1.91 bits per heavy atom. The van der Waals surface area contributed by atoms with Crippen LogP contribution in [-0.4, -0.2) is 52.5 Å². The number of nitrogens with one attached hydrogen (secondary N) is 2. The van der Waals surface area contributed by atoms with Crippen LogP contribution in [0.3, 0.4) is 0 Å². The van der Waals surface area contributed by atoms with E-state index in [9.17, 15) is 14.4 Å². The van der Waals surface area contributed by atoms with Gasteiger partial charge in [0.2, 0.25) is 5.91 Å². The first-order chi connectivity index (χ1) is 16.5. The number of carbonyl (C=O) groups excluding carboxylic acids is 3. The highest BCUT2D eigenvalue weighted by Crippen LogP contribution is 2.32. The lowest BCUT2D eigenvalue weighted by molar-refractivity contribution is -0.121. The zero-order valence-electron chi connectivity index (χ0n) is 18.7. The number of carbonyl (C=O) groups is 3. The van der Waals surface area contributed by atoms with E-state index in [1.807, 2.05) is 30.5 Å². The number of fused-ring (bicyclic) bond motifs is 2. The average Bonchev–Trinajstić information content (AvgIpc) is 2.98. The molecule has 0 saturated carbocycles. The molecule has 3 amide bonds. The quantitative estimate of drug-likeness (QED) is 0.563. The van der Waals surface area contributed by atoms with Gasteiger partial charge in [0.15, 0.2) is 0 Å². The van der Waals surface area contributed by atoms with Gasteiger partial charge in [0, 0.05) is 29.9 Å². The van der Waals surface area contributed by atoms with E-state index in [-0.39, 0.29) is 23.8 Å². The van der Waals surface area contributed by atoms with E-state index in [2.05, 4.69) is 27.8 Å². The van der Waals surface area contributed by atoms with Crippen LogP contribution in [0.1, 0.15) is 33.6 Å². The Labute approximate surface area is 202 Å². The molecular weight excluding hydrogens is 448 g/mol. The van der Waals surface area contributed by atoms with Crippen molar-refractivity contribution in [2.45, 2.75) is 29.8 Å². The number of pyridine rings is 1. The normalized spacial score (nSPS) is 19.5. The van der Waals surface area contributed by atoms with Crippen LogP contribution in [0, 0.1) is 0 Å². The van der Waals surface area contributed by atoms with Gasteiger partial charge in [-0.2, -0.15) is 0 Å². The summed E-state index contributed by atoms with van der Waals surface area (Å²) in [4.78, 5) is 45.9. The summed E-state index contributed by atoms with van der Waals surface area (Å²) in [5, 5.41) is 5.91. The van der Waals surface area contributed by atoms with Gasteiger partial charge in [-0.25, -0.2) is 0 Å². The third-order valence-electron chi connectivity index (χ3n) is 6.36. The number of hydrogen-bond acceptors (Lipinski definition) is 5. The lowest BCUT2D eigenvalue weighted by atomic mass is 9.95. The Morgan fingerprint density at radius 1 is 1.12 bits per heavy atom. The predicted octanol–water partition coefficient (Wildman–Crippen LogP) is 3.83. The second kappa shape index (κ2) is 9.30. The number of nitrogens with zero attached hydrogens (tertiary/aromatic N) is 2. The zero-order valence-corrected chi connectivity index (χ0v) is 19.5. The van der Waals surface area contributed by atoms with Crippen LogP contribution in [0.5, 0.6) is 0 Å². The Kier molecular flexibility index (Phi) is 6.06. The summed E-state index contributed by atoms with van der Waals surface area (Å²) < 4.78 is 0. The van der Waals surface area contributed by atoms with E-state index in [0.717, 1.165) is 11.1 Å². The summed E-state index contributed by atoms with van der Waals surface area (Å²) in [6.45, 7) is 0.390. The van der Waals surface area contributed by atoms with Gasteiger partial charge in [-0.05, 0) is 66.6 Å². The molecule has 3 aromatic rings. The van der Waals surface area contributed by atoms with Crippen LogP contribution in [0.2, 0.25) is 0 Å². The van der Waals surface area contributed by atoms with E-state index < -0.39 is 6.04 Å². The summed E-state index contributed by atoms with van der Waals surface area (Å²) >= 11 is 1.68. The average molecular weight is 473 g/mol. The second-order valence-corrected chi connectivity index (χ2v) is 9.31. The number of rotatable bonds is 4. The number of anilines is 1. The first-order valence-electron chi connectivity index (χ1n) is 11.1. The molecule has 2 N–H and O–H groups in total. The topological polar surface area (TPSA) is 91.4 Å². The maximum Gasteiger partial charge on any atom is 0.256 e. The summed E-state index contributed by atoms with van der Waals surface area (Å²) in [5.74, 6) is -0.630. The monoisotopic (exact) mass is 472 g/mol. The molecule has 0 unspecified atom stereocenters. The highest BCUT2D eigenvalue weighted by atomic mass is 32.2. The van der Waals surface area contributed by atoms with Crippen molar-refractivity contribution < 1.29 is 14.4 Å². The molecule has 5 rings (SSSR count). The Bertz CT molecular complexity index is 1250. The minimum Gasteiger partial charge on any atom is -0.349 e. The van der Waals surface area contributed by atoms with Gasteiger partial charge in [0.05, 0.1) is 16.8 Å². The molecule has 8 heteroatoms. The molecule has 0 radical (unpaired) electrons. The van der Waals surface area contributed by atoms with Crippen molar-refractivity contribution in [3.05, 3.63) is 78.1 Å². The standard InChI is InChI=1S/C26H24N4O3S/c1-34-20-7-4-16(5-8-20)17-6-9-22-21(13-17)26(33)30-12-10-19(14-23(30)25(32)29-22)28-24(31)18-3-2-11-27-15-18/h2-9,11,13,15,19,23H,10,12,14H2,1H3,(H,28,31)(H,29,32)/t19-,23-/m0/s1. The molecule has 1 saturated heterocycles. The summed E-state index contributed by atoms with van der Waals surface area (Å²) in [6.07, 6.45) is 6.09. The predicted molar refractivity (Wildman–Crippen MR) is 132 cm³/mol. The van der Waals surface area contributed by atoms with Gasteiger partial charge in [-0.15, -0.1) is 11.8 Å². The molecule has 172 valence electrons. The Balaban J connectivity index is 1.36. The van der Waals surface area contributed by atoms with Crippen LogP contribution in [0.4, 0.5) is 5.69 Å². The zero-order chi connectivity index (χ0) is 23.7. The van der Waals surface area contributed by atoms with Crippen LogP contribution in [0.15, 0.2) is 71.9 Å². The molecule has 2 aromatic carbocycles. The molecule has 0 spiro atoms. The van der Waals surface area contributed by atoms with Crippen molar-refractivity contribution in [1.82, 2.24) is 15.2 Å². The smallest absolute Gasteiger partial charge is 0.256 e. The molecule has 2 atom stereocenters. The maximum absolute atomic E-state index is 13.5. The van der Waals surface area contributed by atoms with E-state index >= 15 is 0 Å². The van der Waals surface area contributed by atoms with Crippen molar-refractivity contribution in [3.8, 4) is 11.1 Å². The van der Waals surface area contributed by atoms with E-state index in [1.165, 1.54) is 11.1 Å². The van der Waals surface area contributed by atoms with Crippen molar-refractivity contribution in [2.75, 3.05) is 18.1 Å². The minimum atomic E-state index is -0.642. The van der Waals surface area contributed by atoms with E-state index in [4.69, 9.17) is 0 Å². The molecule has 2 aliphatic heterocycles. The Hall–Kier alpha value is -3.65. The number of hydrogen-bond donors (Lipinski definition) is 2. The molecule has 1 aromatic heterocycles. The molecule has 3 heterocycles. The number of thioether (sulfide) groups is 1. The van der Waals surface area contributed by atoms with Crippen LogP contribution >= 0.6 is 11.8 Å². The maximum atomic E-state index is 13.5. The summed E-state index contributed by atoms with van der Waals surface area (Å²) in [5.41, 5.74) is 3.41. The largest absolute Gasteiger partial charge is 0.349 e. The van der Waals surface area contributed by atoms with Gasteiger partial charge >= 0.3 is 0 Å². The minimum absolute atomic E-state index is 0.169. The summed E-state index contributed by atoms with van der Waals surface area (Å²) in [6, 6.07) is 16.3. The van der Waals surface area contributed by atoms with E-state index in [0.29, 0.717) is 36.2 Å². The third-order valence-corrected chi connectivity index (χ3v) is 7.10. The van der Waals surface area contributed by atoms with Gasteiger partial charge in [-0.3, -0.25) is 19.4 Å². The fraction of sp³-hybridized carbons (Fsp3) is 0.231. The molecule has 34 heavy (non-hydrogen) atoms. The highest BCUT2D eigenvalue weighted by Gasteiger charge is 2.40. The third kappa shape index (κ3) is 4.28. The van der Waals surface area contributed by atoms with Gasteiger partial charge in [0.25, 0.3) is 11.8 Å². The molecule has 7 nitrogen and oxygen atoms in total. The van der Waals surface area contributed by atoms with Crippen LogP contribution in [-0.2, 0) is 4.79 Å². The fourth-order valence-electron chi connectivity index (χ4n) is 4.52. The van der Waals surface area contributed by atoms with Crippen LogP contribution in [0.25, 0.3) is 11.1 Å². The van der Waals surface area contributed by atoms with E-state index in [1.54, 1.807) is 41.1 Å². The van der Waals surface area contributed by atoms with Crippen molar-refractivity contribution in [2.24, 2.45) is 0 Å². The van der Waals surface area contributed by atoms with Crippen molar-refractivity contribution >= 4 is 35.2 Å². The van der Waals surface area contributed by atoms with Crippen molar-refractivity contribution in [1.29, 1.82) is 0 Å². The molecular formula is C26H24N4O3S. The Morgan fingerprint density at radius 3 is 2.65 bits per heavy atom. The number of amides is 3. The van der Waals surface area contributed by atoms with Gasteiger partial charge in [0.1, 0.15) is 6.04 Å². The van der Waals surface area contributed by atoms with Crippen molar-refractivity contribution in [3.63, 3.8) is 0 Å². The molecule has 0 aliphatic carbocycles. The van der Waals surface area contributed by atoms with Gasteiger partial charge in [-0.1, -0.05) is 18.2 Å².